The van der Waals surface area contributed by atoms with Crippen LogP contribution in [0.3, 0.4) is 0 Å². The monoisotopic (exact) mass is 463 g/mol. The van der Waals surface area contributed by atoms with Crippen LogP contribution in [0.2, 0.25) is 0 Å². The lowest BCUT2D eigenvalue weighted by Crippen LogP contribution is -2.48. The van der Waals surface area contributed by atoms with Crippen molar-refractivity contribution in [1.29, 1.82) is 0 Å². The molecule has 1 fully saturated rings. The highest BCUT2D eigenvalue weighted by molar-refractivity contribution is 5.81. The van der Waals surface area contributed by atoms with Crippen molar-refractivity contribution >= 4 is 5.97 Å². The molecular formula is C26H37F2N2O3+. The highest BCUT2D eigenvalue weighted by Crippen LogP contribution is 2.45. The fourth-order valence-corrected chi connectivity index (χ4v) is 5.07. The van der Waals surface area contributed by atoms with Crippen LogP contribution < -0.4 is 4.57 Å². The number of carbonyl (C=O) groups excluding carboxylic acids is 1. The Bertz CT molecular complexity index is 912. The summed E-state index contributed by atoms with van der Waals surface area (Å²) in [6, 6.07) is 8.81. The number of imidazole rings is 1. The summed E-state index contributed by atoms with van der Waals surface area (Å²) in [5.41, 5.74) is -1.77. The van der Waals surface area contributed by atoms with Crippen molar-refractivity contribution in [2.24, 2.45) is 5.92 Å². The number of ether oxygens (including phenoxy) is 1. The number of alkyl halides is 2. The topological polar surface area (TPSA) is 55.3 Å². The third-order valence-corrected chi connectivity index (χ3v) is 7.07. The molecule has 0 spiro atoms. The van der Waals surface area contributed by atoms with Crippen molar-refractivity contribution in [3.8, 4) is 0 Å². The molecule has 7 heteroatoms. The Kier molecular flexibility index (Phi) is 8.27. The molecule has 3 rings (SSSR count). The van der Waals surface area contributed by atoms with Crippen LogP contribution in [0.15, 0.2) is 42.7 Å². The minimum Gasteiger partial charge on any atom is -0.463 e. The molecule has 1 heterocycles. The van der Waals surface area contributed by atoms with Crippen molar-refractivity contribution in [2.45, 2.75) is 89.8 Å². The minimum absolute atomic E-state index is 0.111. The van der Waals surface area contributed by atoms with Crippen LogP contribution in [-0.4, -0.2) is 28.2 Å². The summed E-state index contributed by atoms with van der Waals surface area (Å²) in [7, 11) is 0. The smallest absolute Gasteiger partial charge is 0.343 e. The summed E-state index contributed by atoms with van der Waals surface area (Å²) in [5.74, 6) is -3.47. The van der Waals surface area contributed by atoms with Gasteiger partial charge >= 0.3 is 5.97 Å². The Hall–Kier alpha value is -2.28. The number of carbonyl (C=O) groups is 1. The second-order valence-electron chi connectivity index (χ2n) is 9.19. The SMILES string of the molecule is CCC(CC)n1cc[n+](CCCOC(=O)[C@](O)(c2ccccc2)[C@H]2CCCC(F)(F)C2)c1C. The Labute approximate surface area is 195 Å². The lowest BCUT2D eigenvalue weighted by atomic mass is 9.72. The van der Waals surface area contributed by atoms with Crippen LogP contribution in [0.5, 0.6) is 0 Å². The third kappa shape index (κ3) is 5.62. The third-order valence-electron chi connectivity index (χ3n) is 7.07. The first-order valence-corrected chi connectivity index (χ1v) is 12.1. The van der Waals surface area contributed by atoms with Crippen LogP contribution in [0.25, 0.3) is 0 Å². The molecule has 33 heavy (non-hydrogen) atoms. The lowest BCUT2D eigenvalue weighted by molar-refractivity contribution is -0.703. The number of hydrogen-bond acceptors (Lipinski definition) is 3. The van der Waals surface area contributed by atoms with E-state index in [0.717, 1.165) is 18.7 Å². The zero-order valence-electron chi connectivity index (χ0n) is 20.0. The van der Waals surface area contributed by atoms with E-state index in [1.54, 1.807) is 30.3 Å². The van der Waals surface area contributed by atoms with E-state index < -0.39 is 29.8 Å². The van der Waals surface area contributed by atoms with E-state index in [-0.39, 0.29) is 19.4 Å². The number of aromatic nitrogens is 2. The van der Waals surface area contributed by atoms with Gasteiger partial charge in [0, 0.05) is 32.1 Å². The first kappa shape index (κ1) is 25.3. The van der Waals surface area contributed by atoms with Gasteiger partial charge in [0.05, 0.1) is 13.2 Å². The van der Waals surface area contributed by atoms with Crippen molar-refractivity contribution < 1.29 is 28.0 Å². The maximum Gasteiger partial charge on any atom is 0.343 e. The largest absolute Gasteiger partial charge is 0.463 e. The Balaban J connectivity index is 1.66. The van der Waals surface area contributed by atoms with Gasteiger partial charge in [0.2, 0.25) is 5.92 Å². The minimum atomic E-state index is -2.89. The molecule has 182 valence electrons. The van der Waals surface area contributed by atoms with E-state index in [4.69, 9.17) is 4.74 Å². The predicted molar refractivity (Wildman–Crippen MR) is 122 cm³/mol. The molecule has 1 aliphatic rings. The van der Waals surface area contributed by atoms with E-state index in [1.165, 1.54) is 0 Å². The van der Waals surface area contributed by atoms with Gasteiger partial charge in [0.25, 0.3) is 5.82 Å². The number of hydrogen-bond donors (Lipinski definition) is 1. The highest BCUT2D eigenvalue weighted by atomic mass is 19.3. The van der Waals surface area contributed by atoms with Crippen molar-refractivity contribution in [3.05, 3.63) is 54.1 Å². The number of aryl methyl sites for hydroxylation is 1. The molecule has 2 atom stereocenters. The van der Waals surface area contributed by atoms with Crippen LogP contribution >= 0.6 is 0 Å². The van der Waals surface area contributed by atoms with Gasteiger partial charge in [-0.25, -0.2) is 22.7 Å². The lowest BCUT2D eigenvalue weighted by Gasteiger charge is -2.39. The second-order valence-corrected chi connectivity index (χ2v) is 9.19. The van der Waals surface area contributed by atoms with E-state index in [0.29, 0.717) is 31.0 Å². The number of nitrogens with zero attached hydrogens (tertiary/aromatic N) is 2. The van der Waals surface area contributed by atoms with Crippen LogP contribution in [0.4, 0.5) is 8.78 Å². The van der Waals surface area contributed by atoms with Crippen molar-refractivity contribution in [2.75, 3.05) is 6.61 Å². The van der Waals surface area contributed by atoms with E-state index in [2.05, 4.69) is 36.1 Å². The molecule has 0 aliphatic heterocycles. The van der Waals surface area contributed by atoms with Gasteiger partial charge in [-0.1, -0.05) is 44.2 Å². The highest BCUT2D eigenvalue weighted by Gasteiger charge is 2.52. The molecule has 1 aliphatic carbocycles. The number of esters is 1. The average Bonchev–Trinajstić information content (AvgIpc) is 3.17. The normalized spacial score (nSPS) is 19.9. The Morgan fingerprint density at radius 3 is 2.64 bits per heavy atom. The zero-order valence-corrected chi connectivity index (χ0v) is 20.0. The Morgan fingerprint density at radius 1 is 1.30 bits per heavy atom. The standard InChI is InChI=1S/C26H37F2N2O3/c1-4-23(5-2)30-17-16-29(20(30)3)15-10-18-33-24(31)26(32,21-11-7-6-8-12-21)22-13-9-14-25(27,28)19-22/h6-8,11-12,16-17,22-23,32H,4-5,9-10,13-15,18-19H2,1-3H3/q+1/t22-,26-/m0/s1. The summed E-state index contributed by atoms with van der Waals surface area (Å²) in [5, 5.41) is 11.5. The summed E-state index contributed by atoms with van der Waals surface area (Å²) in [4.78, 5) is 13.1. The van der Waals surface area contributed by atoms with Gasteiger partial charge in [-0.3, -0.25) is 0 Å². The maximum atomic E-state index is 14.1. The molecule has 5 nitrogen and oxygen atoms in total. The van der Waals surface area contributed by atoms with Gasteiger partial charge in [-0.2, -0.15) is 0 Å². The summed E-state index contributed by atoms with van der Waals surface area (Å²) >= 11 is 0. The fourth-order valence-electron chi connectivity index (χ4n) is 5.07. The van der Waals surface area contributed by atoms with Gasteiger partial charge in [-0.15, -0.1) is 0 Å². The van der Waals surface area contributed by atoms with E-state index in [9.17, 15) is 18.7 Å². The molecule has 0 amide bonds. The zero-order chi connectivity index (χ0) is 24.1. The molecule has 0 bridgehead atoms. The number of halogens is 2. The van der Waals surface area contributed by atoms with E-state index in [1.807, 2.05) is 6.20 Å². The van der Waals surface area contributed by atoms with E-state index >= 15 is 0 Å². The van der Waals surface area contributed by atoms with Crippen molar-refractivity contribution in [1.82, 2.24) is 4.57 Å². The molecular weight excluding hydrogens is 426 g/mol. The van der Waals surface area contributed by atoms with Crippen LogP contribution in [-0.2, 0) is 21.7 Å². The maximum absolute atomic E-state index is 14.1. The van der Waals surface area contributed by atoms with Gasteiger partial charge in [0.15, 0.2) is 5.60 Å². The first-order chi connectivity index (χ1) is 15.7. The molecule has 0 radical (unpaired) electrons. The van der Waals surface area contributed by atoms with Crippen molar-refractivity contribution in [3.63, 3.8) is 0 Å². The number of aliphatic hydroxyl groups is 1. The first-order valence-electron chi connectivity index (χ1n) is 12.1. The molecule has 2 aromatic rings. The molecule has 1 N–H and O–H groups in total. The quantitative estimate of drug-likeness (QED) is 0.303. The molecule has 1 saturated carbocycles. The fraction of sp³-hybridized carbons (Fsp3) is 0.615. The van der Waals surface area contributed by atoms with Gasteiger partial charge in [-0.05, 0) is 31.2 Å². The number of rotatable bonds is 10. The van der Waals surface area contributed by atoms with Crippen LogP contribution in [0, 0.1) is 12.8 Å². The molecule has 1 aromatic carbocycles. The molecule has 1 aromatic heterocycles. The average molecular weight is 464 g/mol. The Morgan fingerprint density at radius 2 is 2.00 bits per heavy atom. The summed E-state index contributed by atoms with van der Waals surface area (Å²) in [6.07, 6.45) is 6.68. The van der Waals surface area contributed by atoms with Gasteiger partial charge in [0.1, 0.15) is 18.4 Å². The second kappa shape index (κ2) is 10.8. The predicted octanol–water partition coefficient (Wildman–Crippen LogP) is 5.09. The number of benzene rings is 1. The van der Waals surface area contributed by atoms with Crippen LogP contribution in [0.1, 0.15) is 76.2 Å². The molecule has 0 saturated heterocycles. The molecule has 0 unspecified atom stereocenters. The summed E-state index contributed by atoms with van der Waals surface area (Å²) in [6.45, 7) is 7.19. The van der Waals surface area contributed by atoms with Gasteiger partial charge < -0.3 is 9.84 Å². The summed E-state index contributed by atoms with van der Waals surface area (Å²) < 4.78 is 38.2.